The average molecular weight is 1050 g/mol. The van der Waals surface area contributed by atoms with Gasteiger partial charge in [-0.3, -0.25) is 19.6 Å². The van der Waals surface area contributed by atoms with Crippen LogP contribution in [0.5, 0.6) is 0 Å². The Morgan fingerprint density at radius 1 is 0.192 bits per heavy atom. The lowest BCUT2D eigenvalue weighted by Gasteiger charge is -2.37. The number of aryl methyl sites for hydroxylation is 4. The molecule has 0 fully saturated rings. The highest BCUT2D eigenvalue weighted by molar-refractivity contribution is 6.01. The van der Waals surface area contributed by atoms with Gasteiger partial charge in [0.05, 0.1) is 22.7 Å². The lowest BCUT2D eigenvalue weighted by atomic mass is 9.80. The highest BCUT2D eigenvalue weighted by atomic mass is 15.5. The molecule has 0 radical (unpaired) electrons. The molecule has 0 atom stereocenters. The summed E-state index contributed by atoms with van der Waals surface area (Å²) < 4.78 is 0. The number of anilines is 8. The van der Waals surface area contributed by atoms with Crippen LogP contribution in [0.2, 0.25) is 0 Å². The molecule has 6 aromatic rings. The van der Waals surface area contributed by atoms with Gasteiger partial charge in [-0.15, -0.1) is 0 Å². The molecule has 416 valence electrons. The molecule has 0 saturated carbocycles. The second kappa shape index (κ2) is 18.9. The monoisotopic (exact) mass is 1040 g/mol. The SMILES string of the molecule is Cc1cc2c(cc1C)N(c1cc(C(C)(C)C)cc(C(C)(C)C)c1)C(=C1N(c3cc(C(C)(C)C)cc(C(C)(C)C)c3)c3cc(C)c(C)cc3N1c1cc(C(C)(C)C)cc(C(C)(C)C)c1)N2c1cc(C(C)(C)C)cc(C(C)(C)C)c1. The first-order valence-corrected chi connectivity index (χ1v) is 29.2. The van der Waals surface area contributed by atoms with Crippen LogP contribution in [0.1, 0.15) is 233 Å². The fourth-order valence-electron chi connectivity index (χ4n) is 10.8. The molecule has 0 aromatic heterocycles. The van der Waals surface area contributed by atoms with E-state index in [-0.39, 0.29) is 43.3 Å². The average Bonchev–Trinajstić information content (AvgIpc) is 3.77. The zero-order valence-corrected chi connectivity index (χ0v) is 54.0. The van der Waals surface area contributed by atoms with E-state index in [1.54, 1.807) is 0 Å². The molecule has 4 nitrogen and oxygen atoms in total. The second-order valence-corrected chi connectivity index (χ2v) is 31.9. The maximum absolute atomic E-state index is 2.67. The largest absolute Gasteiger partial charge is 0.291 e. The van der Waals surface area contributed by atoms with Crippen molar-refractivity contribution < 1.29 is 0 Å². The molecule has 8 rings (SSSR count). The lowest BCUT2D eigenvalue weighted by Crippen LogP contribution is -2.34. The topological polar surface area (TPSA) is 13.0 Å². The number of benzene rings is 6. The van der Waals surface area contributed by atoms with Crippen LogP contribution in [0.4, 0.5) is 45.5 Å². The maximum atomic E-state index is 2.67. The van der Waals surface area contributed by atoms with E-state index in [0.717, 1.165) is 34.4 Å². The summed E-state index contributed by atoms with van der Waals surface area (Å²) in [6.07, 6.45) is 0. The van der Waals surface area contributed by atoms with E-state index in [2.05, 4.69) is 311 Å². The van der Waals surface area contributed by atoms with Gasteiger partial charge in [0.15, 0.2) is 11.6 Å². The second-order valence-electron chi connectivity index (χ2n) is 31.9. The van der Waals surface area contributed by atoms with E-state index >= 15 is 0 Å². The predicted octanol–water partition coefficient (Wildman–Crippen LogP) is 21.7. The highest BCUT2D eigenvalue weighted by Crippen LogP contribution is 2.60. The van der Waals surface area contributed by atoms with Gasteiger partial charge in [0.2, 0.25) is 0 Å². The van der Waals surface area contributed by atoms with Crippen molar-refractivity contribution in [2.75, 3.05) is 19.6 Å². The zero-order chi connectivity index (χ0) is 58.3. The van der Waals surface area contributed by atoms with Crippen LogP contribution in [0.15, 0.2) is 109 Å². The van der Waals surface area contributed by atoms with Crippen LogP contribution in [-0.2, 0) is 43.3 Å². The smallest absolute Gasteiger partial charge is 0.166 e. The Balaban J connectivity index is 1.74. The van der Waals surface area contributed by atoms with Gasteiger partial charge in [0.25, 0.3) is 0 Å². The Morgan fingerprint density at radius 2 is 0.321 bits per heavy atom. The number of fused-ring (bicyclic) bond motifs is 2. The van der Waals surface area contributed by atoms with Crippen molar-refractivity contribution in [2.24, 2.45) is 0 Å². The van der Waals surface area contributed by atoms with Gasteiger partial charge in [0.1, 0.15) is 0 Å². The summed E-state index contributed by atoms with van der Waals surface area (Å²) in [6, 6.07) is 39.8. The Bertz CT molecular complexity index is 2780. The van der Waals surface area contributed by atoms with Crippen molar-refractivity contribution in [3.63, 3.8) is 0 Å². The third-order valence-corrected chi connectivity index (χ3v) is 16.8. The van der Waals surface area contributed by atoms with Crippen LogP contribution in [0.3, 0.4) is 0 Å². The quantitative estimate of drug-likeness (QED) is 0.174. The number of hydrogen-bond acceptors (Lipinski definition) is 4. The third-order valence-electron chi connectivity index (χ3n) is 16.8. The molecule has 78 heavy (non-hydrogen) atoms. The first-order valence-electron chi connectivity index (χ1n) is 29.2. The number of nitrogens with zero attached hydrogens (tertiary/aromatic N) is 4. The fourth-order valence-corrected chi connectivity index (χ4v) is 10.8. The summed E-state index contributed by atoms with van der Waals surface area (Å²) in [5, 5.41) is 0. The van der Waals surface area contributed by atoms with Crippen LogP contribution in [0, 0.1) is 27.7 Å². The van der Waals surface area contributed by atoms with E-state index in [0.29, 0.717) is 0 Å². The Hall–Kier alpha value is -5.74. The molecule has 0 saturated heterocycles. The van der Waals surface area contributed by atoms with Crippen molar-refractivity contribution in [3.8, 4) is 0 Å². The van der Waals surface area contributed by atoms with Crippen molar-refractivity contribution >= 4 is 45.5 Å². The first kappa shape index (κ1) is 58.4. The van der Waals surface area contributed by atoms with E-state index in [1.807, 2.05) is 0 Å². The first-order chi connectivity index (χ1) is 35.3. The van der Waals surface area contributed by atoms with Crippen LogP contribution < -0.4 is 19.6 Å². The highest BCUT2D eigenvalue weighted by Gasteiger charge is 2.47. The van der Waals surface area contributed by atoms with E-state index in [9.17, 15) is 0 Å². The standard InChI is InChI=1S/C74H100N4/c1-45-29-61-62(30-46(45)2)76(58-39-51(69(11,12)13)34-52(40-58)70(14,15)16)65(75(61)57-37-49(67(5,6)7)33-50(38-57)68(8,9)10)66-77(59-41-53(71(17,18)19)35-54(42-59)72(20,21)22)63-31-47(3)48(4)32-64(63)78(66)60-43-55(73(23,24)25)36-56(44-60)74(26,27)28/h29-44H,1-28H3. The summed E-state index contributed by atoms with van der Waals surface area (Å²) in [7, 11) is 0. The maximum Gasteiger partial charge on any atom is 0.166 e. The van der Waals surface area contributed by atoms with Gasteiger partial charge in [-0.1, -0.05) is 190 Å². The molecular formula is C74H100N4. The molecule has 2 aliphatic rings. The Labute approximate surface area is 475 Å². The van der Waals surface area contributed by atoms with Crippen LogP contribution >= 0.6 is 0 Å². The number of hydrogen-bond donors (Lipinski definition) is 0. The van der Waals surface area contributed by atoms with Crippen molar-refractivity contribution in [1.82, 2.24) is 0 Å². The molecule has 6 aromatic carbocycles. The van der Waals surface area contributed by atoms with Gasteiger partial charge in [-0.25, -0.2) is 0 Å². The molecule has 0 aliphatic carbocycles. The lowest BCUT2D eigenvalue weighted by molar-refractivity contribution is 0.567. The van der Waals surface area contributed by atoms with Crippen molar-refractivity contribution in [1.29, 1.82) is 0 Å². The number of rotatable bonds is 4. The van der Waals surface area contributed by atoms with E-state index < -0.39 is 0 Å². The Morgan fingerprint density at radius 3 is 0.436 bits per heavy atom. The molecule has 0 N–H and O–H groups in total. The Kier molecular flexibility index (Phi) is 14.2. The van der Waals surface area contributed by atoms with Gasteiger partial charge < -0.3 is 0 Å². The molecule has 2 aliphatic heterocycles. The predicted molar refractivity (Wildman–Crippen MR) is 343 cm³/mol. The normalized spacial score (nSPS) is 15.0. The summed E-state index contributed by atoms with van der Waals surface area (Å²) in [5.74, 6) is 2.19. The van der Waals surface area contributed by atoms with E-state index in [4.69, 9.17) is 0 Å². The van der Waals surface area contributed by atoms with Crippen LogP contribution in [-0.4, -0.2) is 0 Å². The van der Waals surface area contributed by atoms with Gasteiger partial charge in [-0.05, 0) is 211 Å². The minimum Gasteiger partial charge on any atom is -0.291 e. The van der Waals surface area contributed by atoms with Gasteiger partial charge in [0, 0.05) is 22.7 Å². The molecule has 0 unspecified atom stereocenters. The van der Waals surface area contributed by atoms with Crippen molar-refractivity contribution in [3.05, 3.63) is 175 Å². The summed E-state index contributed by atoms with van der Waals surface area (Å²) in [6.45, 7) is 66.0. The molecular weight excluding hydrogens is 945 g/mol. The van der Waals surface area contributed by atoms with E-state index in [1.165, 1.54) is 89.5 Å². The summed E-state index contributed by atoms with van der Waals surface area (Å²) >= 11 is 0. The minimum absolute atomic E-state index is 0.123. The molecule has 0 bridgehead atoms. The molecule has 0 amide bonds. The fraction of sp³-hybridized carbons (Fsp3) is 0.486. The van der Waals surface area contributed by atoms with Gasteiger partial charge in [-0.2, -0.15) is 0 Å². The summed E-state index contributed by atoms with van der Waals surface area (Å²) in [4.78, 5) is 10.7. The molecule has 0 spiro atoms. The molecule has 2 heterocycles. The third kappa shape index (κ3) is 11.1. The van der Waals surface area contributed by atoms with Gasteiger partial charge >= 0.3 is 0 Å². The zero-order valence-electron chi connectivity index (χ0n) is 54.0. The minimum atomic E-state index is -0.123. The summed E-state index contributed by atoms with van der Waals surface area (Å²) in [5.41, 5.74) is 23.9. The molecule has 4 heteroatoms. The van der Waals surface area contributed by atoms with Crippen molar-refractivity contribution in [2.45, 2.75) is 237 Å². The van der Waals surface area contributed by atoms with Crippen LogP contribution in [0.25, 0.3) is 0 Å².